The first kappa shape index (κ1) is 20.7. The van der Waals surface area contributed by atoms with Gasteiger partial charge in [-0.05, 0) is 30.7 Å². The van der Waals surface area contributed by atoms with Crippen LogP contribution in [-0.2, 0) is 24.2 Å². The number of hydrogen-bond donors (Lipinski definition) is 2. The van der Waals surface area contributed by atoms with Gasteiger partial charge in [-0.2, -0.15) is 5.10 Å². The molecular formula is C21H29N3O3. The lowest BCUT2D eigenvalue weighted by molar-refractivity contribution is -0.137. The predicted octanol–water partition coefficient (Wildman–Crippen LogP) is 3.31. The molecule has 1 amide bonds. The van der Waals surface area contributed by atoms with E-state index in [4.69, 9.17) is 5.11 Å². The van der Waals surface area contributed by atoms with E-state index in [-0.39, 0.29) is 18.4 Å². The molecule has 0 radical (unpaired) electrons. The number of aliphatic carboxylic acids is 1. The molecule has 1 heterocycles. The summed E-state index contributed by atoms with van der Waals surface area (Å²) in [5.41, 5.74) is 2.56. The molecule has 0 aliphatic carbocycles. The van der Waals surface area contributed by atoms with Crippen molar-refractivity contribution < 1.29 is 14.7 Å². The van der Waals surface area contributed by atoms with Gasteiger partial charge in [0, 0.05) is 19.0 Å². The topological polar surface area (TPSA) is 84.2 Å². The molecule has 0 saturated carbocycles. The van der Waals surface area contributed by atoms with E-state index in [9.17, 15) is 9.59 Å². The van der Waals surface area contributed by atoms with Gasteiger partial charge in [-0.3, -0.25) is 14.3 Å². The minimum Gasteiger partial charge on any atom is -0.481 e. The third-order valence-corrected chi connectivity index (χ3v) is 4.43. The van der Waals surface area contributed by atoms with E-state index in [0.717, 1.165) is 17.8 Å². The first-order valence-electron chi connectivity index (χ1n) is 9.52. The zero-order valence-corrected chi connectivity index (χ0v) is 16.3. The third kappa shape index (κ3) is 6.24. The van der Waals surface area contributed by atoms with Gasteiger partial charge in [-0.15, -0.1) is 0 Å². The Morgan fingerprint density at radius 3 is 2.52 bits per heavy atom. The molecule has 2 aromatic rings. The Kier molecular flexibility index (Phi) is 7.58. The van der Waals surface area contributed by atoms with E-state index >= 15 is 0 Å². The summed E-state index contributed by atoms with van der Waals surface area (Å²) in [6.07, 6.45) is 3.34. The van der Waals surface area contributed by atoms with E-state index in [1.165, 1.54) is 0 Å². The van der Waals surface area contributed by atoms with Crippen molar-refractivity contribution in [2.24, 2.45) is 5.92 Å². The lowest BCUT2D eigenvalue weighted by Crippen LogP contribution is -2.37. The summed E-state index contributed by atoms with van der Waals surface area (Å²) in [5.74, 6) is -0.609. The zero-order valence-electron chi connectivity index (χ0n) is 16.3. The number of rotatable bonds is 10. The Morgan fingerprint density at radius 2 is 1.93 bits per heavy atom. The van der Waals surface area contributed by atoms with E-state index in [2.05, 4.69) is 24.3 Å². The SMILES string of the molecule is CCc1c(C(=O)NC(CCC(=O)O)Cc2ccccc2)cnn1CC(C)C. The lowest BCUT2D eigenvalue weighted by Gasteiger charge is -2.18. The molecule has 0 fully saturated rings. The normalized spacial score (nSPS) is 12.1. The summed E-state index contributed by atoms with van der Waals surface area (Å²) in [7, 11) is 0. The number of hydrogen-bond acceptors (Lipinski definition) is 3. The predicted molar refractivity (Wildman–Crippen MR) is 105 cm³/mol. The van der Waals surface area contributed by atoms with Crippen LogP contribution in [0.25, 0.3) is 0 Å². The Bertz CT molecular complexity index is 753. The van der Waals surface area contributed by atoms with Gasteiger partial charge in [0.25, 0.3) is 5.91 Å². The van der Waals surface area contributed by atoms with Crippen LogP contribution in [0, 0.1) is 5.92 Å². The highest BCUT2D eigenvalue weighted by molar-refractivity contribution is 5.95. The fourth-order valence-corrected chi connectivity index (χ4v) is 3.16. The van der Waals surface area contributed by atoms with Crippen molar-refractivity contribution in [1.82, 2.24) is 15.1 Å². The van der Waals surface area contributed by atoms with Crippen molar-refractivity contribution in [2.45, 2.75) is 59.0 Å². The summed E-state index contributed by atoms with van der Waals surface area (Å²) in [6, 6.07) is 9.54. The first-order chi connectivity index (χ1) is 12.9. The third-order valence-electron chi connectivity index (χ3n) is 4.43. The van der Waals surface area contributed by atoms with E-state index in [0.29, 0.717) is 30.7 Å². The maximum Gasteiger partial charge on any atom is 0.303 e. The largest absolute Gasteiger partial charge is 0.481 e. The number of carbonyl (C=O) groups is 2. The fourth-order valence-electron chi connectivity index (χ4n) is 3.16. The quantitative estimate of drug-likeness (QED) is 0.671. The number of nitrogens with one attached hydrogen (secondary N) is 1. The number of carboxylic acid groups (broad SMARTS) is 1. The average molecular weight is 371 g/mol. The number of carboxylic acids is 1. The maximum atomic E-state index is 12.9. The van der Waals surface area contributed by atoms with Gasteiger partial charge in [0.05, 0.1) is 17.5 Å². The van der Waals surface area contributed by atoms with Crippen molar-refractivity contribution in [3.8, 4) is 0 Å². The van der Waals surface area contributed by atoms with Gasteiger partial charge in [0.15, 0.2) is 0 Å². The summed E-state index contributed by atoms with van der Waals surface area (Å²) >= 11 is 0. The minimum atomic E-state index is -0.860. The van der Waals surface area contributed by atoms with Gasteiger partial charge in [0.2, 0.25) is 0 Å². The van der Waals surface area contributed by atoms with Crippen molar-refractivity contribution in [2.75, 3.05) is 0 Å². The smallest absolute Gasteiger partial charge is 0.303 e. The van der Waals surface area contributed by atoms with Crippen LogP contribution in [0.1, 0.15) is 55.2 Å². The first-order valence-corrected chi connectivity index (χ1v) is 9.52. The van der Waals surface area contributed by atoms with Crippen molar-refractivity contribution in [3.63, 3.8) is 0 Å². The number of benzene rings is 1. The summed E-state index contributed by atoms with van der Waals surface area (Å²) < 4.78 is 1.89. The molecule has 6 nitrogen and oxygen atoms in total. The van der Waals surface area contributed by atoms with Gasteiger partial charge in [-0.1, -0.05) is 51.1 Å². The Morgan fingerprint density at radius 1 is 1.22 bits per heavy atom. The molecule has 146 valence electrons. The Labute approximate surface area is 160 Å². The standard InChI is InChI=1S/C21H29N3O3/c1-4-19-18(13-22-24(19)14-15(2)3)21(27)23-17(10-11-20(25)26)12-16-8-6-5-7-9-16/h5-9,13,15,17H,4,10-12,14H2,1-3H3,(H,23,27)(H,25,26). The molecule has 1 unspecified atom stereocenters. The highest BCUT2D eigenvalue weighted by atomic mass is 16.4. The second-order valence-corrected chi connectivity index (χ2v) is 7.23. The summed E-state index contributed by atoms with van der Waals surface area (Å²) in [4.78, 5) is 23.8. The molecule has 0 bridgehead atoms. The van der Waals surface area contributed by atoms with Crippen LogP contribution in [-0.4, -0.2) is 32.8 Å². The van der Waals surface area contributed by atoms with Crippen LogP contribution in [0.4, 0.5) is 0 Å². The zero-order chi connectivity index (χ0) is 19.8. The number of aromatic nitrogens is 2. The number of nitrogens with zero attached hydrogens (tertiary/aromatic N) is 2. The second kappa shape index (κ2) is 9.90. The van der Waals surface area contributed by atoms with Crippen molar-refractivity contribution in [3.05, 3.63) is 53.3 Å². The molecule has 1 aromatic heterocycles. The van der Waals surface area contributed by atoms with Gasteiger partial charge in [-0.25, -0.2) is 0 Å². The minimum absolute atomic E-state index is 0.0189. The molecule has 2 N–H and O–H groups in total. The average Bonchev–Trinajstić information content (AvgIpc) is 3.02. The maximum absolute atomic E-state index is 12.9. The van der Waals surface area contributed by atoms with Crippen LogP contribution in [0.2, 0.25) is 0 Å². The molecule has 1 atom stereocenters. The van der Waals surface area contributed by atoms with Gasteiger partial charge in [0.1, 0.15) is 0 Å². The van der Waals surface area contributed by atoms with E-state index in [1.807, 2.05) is 41.9 Å². The fraction of sp³-hybridized carbons (Fsp3) is 0.476. The molecule has 6 heteroatoms. The molecule has 0 saturated heterocycles. The van der Waals surface area contributed by atoms with Crippen LogP contribution in [0.15, 0.2) is 36.5 Å². The van der Waals surface area contributed by atoms with Crippen molar-refractivity contribution >= 4 is 11.9 Å². The molecule has 2 rings (SSSR count). The lowest BCUT2D eigenvalue weighted by atomic mass is 10.0. The number of carbonyl (C=O) groups excluding carboxylic acids is 1. The summed E-state index contributed by atoms with van der Waals surface area (Å²) in [6.45, 7) is 7.00. The van der Waals surface area contributed by atoms with E-state index < -0.39 is 5.97 Å². The highest BCUT2D eigenvalue weighted by Gasteiger charge is 2.20. The van der Waals surface area contributed by atoms with Gasteiger partial charge >= 0.3 is 5.97 Å². The van der Waals surface area contributed by atoms with E-state index in [1.54, 1.807) is 6.20 Å². The van der Waals surface area contributed by atoms with Crippen LogP contribution >= 0.6 is 0 Å². The van der Waals surface area contributed by atoms with Crippen molar-refractivity contribution in [1.29, 1.82) is 0 Å². The second-order valence-electron chi connectivity index (χ2n) is 7.23. The highest BCUT2D eigenvalue weighted by Crippen LogP contribution is 2.14. The molecule has 0 aliphatic heterocycles. The van der Waals surface area contributed by atoms with Crippen LogP contribution in [0.3, 0.4) is 0 Å². The summed E-state index contributed by atoms with van der Waals surface area (Å²) in [5, 5.41) is 16.4. The molecular weight excluding hydrogens is 342 g/mol. The molecule has 1 aromatic carbocycles. The monoisotopic (exact) mass is 371 g/mol. The molecule has 0 aliphatic rings. The van der Waals surface area contributed by atoms with Crippen LogP contribution < -0.4 is 5.32 Å². The molecule has 27 heavy (non-hydrogen) atoms. The Balaban J connectivity index is 2.14. The number of amides is 1. The van der Waals surface area contributed by atoms with Crippen LogP contribution in [0.5, 0.6) is 0 Å². The Hall–Kier alpha value is -2.63. The molecule has 0 spiro atoms. The van der Waals surface area contributed by atoms with Gasteiger partial charge < -0.3 is 10.4 Å².